The minimum atomic E-state index is -0.119. The summed E-state index contributed by atoms with van der Waals surface area (Å²) in [6, 6.07) is -0.119. The number of rotatable bonds is 2. The van der Waals surface area contributed by atoms with Crippen molar-refractivity contribution in [1.82, 2.24) is 10.1 Å². The third-order valence-corrected chi connectivity index (χ3v) is 3.56. The highest BCUT2D eigenvalue weighted by Crippen LogP contribution is 2.62. The van der Waals surface area contributed by atoms with E-state index in [-0.39, 0.29) is 6.04 Å². The molecule has 4 heteroatoms. The molecular weight excluding hydrogens is 178 g/mol. The first-order chi connectivity index (χ1) is 6.77. The van der Waals surface area contributed by atoms with Gasteiger partial charge in [-0.05, 0) is 31.6 Å². The molecule has 2 N–H and O–H groups in total. The average Bonchev–Trinajstić information content (AvgIpc) is 2.63. The van der Waals surface area contributed by atoms with Gasteiger partial charge in [-0.3, -0.25) is 0 Å². The summed E-state index contributed by atoms with van der Waals surface area (Å²) >= 11 is 0. The second-order valence-electron chi connectivity index (χ2n) is 4.56. The largest absolute Gasteiger partial charge is 0.339 e. The lowest BCUT2D eigenvalue weighted by atomic mass is 10.1. The lowest BCUT2D eigenvalue weighted by Crippen LogP contribution is -2.06. The van der Waals surface area contributed by atoms with Crippen LogP contribution >= 0.6 is 0 Å². The van der Waals surface area contributed by atoms with Crippen molar-refractivity contribution in [3.05, 3.63) is 11.7 Å². The van der Waals surface area contributed by atoms with Crippen LogP contribution in [0.25, 0.3) is 0 Å². The Balaban J connectivity index is 1.78. The summed E-state index contributed by atoms with van der Waals surface area (Å²) in [7, 11) is 0. The van der Waals surface area contributed by atoms with Gasteiger partial charge in [-0.1, -0.05) is 11.6 Å². The number of hydrogen-bond acceptors (Lipinski definition) is 4. The van der Waals surface area contributed by atoms with Crippen LogP contribution in [0.5, 0.6) is 0 Å². The van der Waals surface area contributed by atoms with Crippen LogP contribution in [0, 0.1) is 11.8 Å². The highest BCUT2D eigenvalue weighted by molar-refractivity contribution is 5.16. The predicted octanol–water partition coefficient (Wildman–Crippen LogP) is 1.60. The maximum absolute atomic E-state index is 5.68. The zero-order valence-corrected chi connectivity index (χ0v) is 8.31. The van der Waals surface area contributed by atoms with E-state index in [9.17, 15) is 0 Å². The third-order valence-electron chi connectivity index (χ3n) is 3.56. The minimum absolute atomic E-state index is 0.119. The quantitative estimate of drug-likeness (QED) is 0.774. The Morgan fingerprint density at radius 1 is 1.43 bits per heavy atom. The maximum Gasteiger partial charge on any atom is 0.230 e. The zero-order chi connectivity index (χ0) is 9.71. The first kappa shape index (κ1) is 8.41. The molecule has 2 saturated carbocycles. The van der Waals surface area contributed by atoms with E-state index in [1.54, 1.807) is 0 Å². The van der Waals surface area contributed by atoms with Crippen molar-refractivity contribution >= 4 is 0 Å². The van der Waals surface area contributed by atoms with Crippen LogP contribution in [0.15, 0.2) is 4.52 Å². The Morgan fingerprint density at radius 3 is 2.71 bits per heavy atom. The van der Waals surface area contributed by atoms with Crippen molar-refractivity contribution in [2.75, 3.05) is 0 Å². The van der Waals surface area contributed by atoms with Crippen molar-refractivity contribution in [2.24, 2.45) is 17.6 Å². The van der Waals surface area contributed by atoms with Crippen LogP contribution in [0.4, 0.5) is 0 Å². The number of hydrogen-bond donors (Lipinski definition) is 1. The molecule has 1 heterocycles. The van der Waals surface area contributed by atoms with Crippen LogP contribution in [-0.2, 0) is 0 Å². The molecule has 0 aliphatic heterocycles. The topological polar surface area (TPSA) is 64.9 Å². The van der Waals surface area contributed by atoms with Gasteiger partial charge in [0.25, 0.3) is 0 Å². The van der Waals surface area contributed by atoms with Gasteiger partial charge in [0.1, 0.15) is 0 Å². The van der Waals surface area contributed by atoms with Crippen LogP contribution in [-0.4, -0.2) is 10.1 Å². The summed E-state index contributed by atoms with van der Waals surface area (Å²) in [6.45, 7) is 1.88. The van der Waals surface area contributed by atoms with Crippen molar-refractivity contribution < 1.29 is 4.52 Å². The molecule has 1 aromatic heterocycles. The Kier molecular flexibility index (Phi) is 1.68. The minimum Gasteiger partial charge on any atom is -0.339 e. The third kappa shape index (κ3) is 1.10. The second kappa shape index (κ2) is 2.79. The summed E-state index contributed by atoms with van der Waals surface area (Å²) in [4.78, 5) is 4.35. The van der Waals surface area contributed by atoms with Crippen molar-refractivity contribution in [1.29, 1.82) is 0 Å². The number of nitrogens with two attached hydrogens (primary N) is 1. The van der Waals surface area contributed by atoms with Crippen LogP contribution in [0.3, 0.4) is 0 Å². The van der Waals surface area contributed by atoms with Crippen LogP contribution in [0.2, 0.25) is 0 Å². The molecule has 14 heavy (non-hydrogen) atoms. The number of fused-ring (bicyclic) bond motifs is 1. The van der Waals surface area contributed by atoms with E-state index in [4.69, 9.17) is 10.3 Å². The van der Waals surface area contributed by atoms with Gasteiger partial charge >= 0.3 is 0 Å². The first-order valence-corrected chi connectivity index (χ1v) is 5.36. The number of aromatic nitrogens is 2. The van der Waals surface area contributed by atoms with E-state index in [1.807, 2.05) is 6.92 Å². The molecule has 2 aliphatic carbocycles. The first-order valence-electron chi connectivity index (χ1n) is 5.36. The van der Waals surface area contributed by atoms with Gasteiger partial charge in [0.05, 0.1) is 6.04 Å². The highest BCUT2D eigenvalue weighted by atomic mass is 16.5. The standard InChI is InChI=1S/C10H15N3O/c1-5(11)9-12-10(14-13-9)8-6-3-2-4-7(6)8/h5-8H,2-4,11H2,1H3. The molecular formula is C10H15N3O. The molecule has 0 spiro atoms. The molecule has 2 fully saturated rings. The summed E-state index contributed by atoms with van der Waals surface area (Å²) in [5.74, 6) is 3.69. The van der Waals surface area contributed by atoms with E-state index < -0.39 is 0 Å². The molecule has 4 nitrogen and oxygen atoms in total. The van der Waals surface area contributed by atoms with E-state index in [2.05, 4.69) is 10.1 Å². The number of nitrogens with zero attached hydrogens (tertiary/aromatic N) is 2. The van der Waals surface area contributed by atoms with Gasteiger partial charge in [-0.2, -0.15) is 4.98 Å². The second-order valence-corrected chi connectivity index (χ2v) is 4.56. The summed E-state index contributed by atoms with van der Waals surface area (Å²) in [6.07, 6.45) is 4.05. The Hall–Kier alpha value is -0.900. The molecule has 3 rings (SSSR count). The Labute approximate surface area is 82.9 Å². The molecule has 0 amide bonds. The molecule has 3 unspecified atom stereocenters. The summed E-state index contributed by atoms with van der Waals surface area (Å²) in [5, 5.41) is 3.89. The van der Waals surface area contributed by atoms with E-state index >= 15 is 0 Å². The molecule has 76 valence electrons. The Bertz CT molecular complexity index is 337. The molecule has 0 aromatic carbocycles. The average molecular weight is 193 g/mol. The maximum atomic E-state index is 5.68. The highest BCUT2D eigenvalue weighted by Gasteiger charge is 2.56. The molecule has 1 aromatic rings. The van der Waals surface area contributed by atoms with Gasteiger partial charge in [-0.25, -0.2) is 0 Å². The van der Waals surface area contributed by atoms with Gasteiger partial charge < -0.3 is 10.3 Å². The van der Waals surface area contributed by atoms with E-state index in [1.165, 1.54) is 19.3 Å². The predicted molar refractivity (Wildman–Crippen MR) is 50.5 cm³/mol. The molecule has 0 radical (unpaired) electrons. The van der Waals surface area contributed by atoms with Crippen LogP contribution < -0.4 is 5.73 Å². The SMILES string of the molecule is CC(N)c1noc(C2C3CCCC32)n1. The Morgan fingerprint density at radius 2 is 2.14 bits per heavy atom. The zero-order valence-electron chi connectivity index (χ0n) is 8.31. The summed E-state index contributed by atoms with van der Waals surface area (Å²) in [5.41, 5.74) is 5.68. The van der Waals surface area contributed by atoms with Crippen molar-refractivity contribution in [2.45, 2.75) is 38.1 Å². The van der Waals surface area contributed by atoms with Gasteiger partial charge in [0, 0.05) is 5.92 Å². The molecule has 0 saturated heterocycles. The van der Waals surface area contributed by atoms with Crippen LogP contribution in [0.1, 0.15) is 49.9 Å². The van der Waals surface area contributed by atoms with Crippen molar-refractivity contribution in [3.8, 4) is 0 Å². The molecule has 2 aliphatic rings. The van der Waals surface area contributed by atoms with Gasteiger partial charge in [0.2, 0.25) is 5.89 Å². The summed E-state index contributed by atoms with van der Waals surface area (Å²) < 4.78 is 5.25. The molecule has 3 atom stereocenters. The van der Waals surface area contributed by atoms with Gasteiger partial charge in [-0.15, -0.1) is 0 Å². The fourth-order valence-corrected chi connectivity index (χ4v) is 2.76. The monoisotopic (exact) mass is 193 g/mol. The lowest BCUT2D eigenvalue weighted by molar-refractivity contribution is 0.361. The smallest absolute Gasteiger partial charge is 0.230 e. The normalized spacial score (nSPS) is 36.9. The lowest BCUT2D eigenvalue weighted by Gasteiger charge is -1.95. The van der Waals surface area contributed by atoms with E-state index in [0.29, 0.717) is 11.7 Å². The fraction of sp³-hybridized carbons (Fsp3) is 0.800. The van der Waals surface area contributed by atoms with Gasteiger partial charge in [0.15, 0.2) is 5.82 Å². The van der Waals surface area contributed by atoms with E-state index in [0.717, 1.165) is 17.7 Å². The molecule has 0 bridgehead atoms. The van der Waals surface area contributed by atoms with Crippen molar-refractivity contribution in [3.63, 3.8) is 0 Å². The fourth-order valence-electron chi connectivity index (χ4n) is 2.76.